The van der Waals surface area contributed by atoms with Crippen LogP contribution in [0.2, 0.25) is 0 Å². The van der Waals surface area contributed by atoms with E-state index in [1.54, 1.807) is 13.0 Å². The summed E-state index contributed by atoms with van der Waals surface area (Å²) in [5.41, 5.74) is -2.46. The molecule has 1 saturated carbocycles. The third kappa shape index (κ3) is 3.08. The van der Waals surface area contributed by atoms with Gasteiger partial charge >= 0.3 is 6.18 Å². The monoisotopic (exact) mass is 384 g/mol. The molecule has 3 aromatic rings. The van der Waals surface area contributed by atoms with Crippen molar-refractivity contribution in [3.63, 3.8) is 0 Å². The van der Waals surface area contributed by atoms with Crippen molar-refractivity contribution in [3.05, 3.63) is 52.3 Å². The van der Waals surface area contributed by atoms with Crippen molar-refractivity contribution < 1.29 is 22.0 Å². The average molecular weight is 384 g/mol. The van der Waals surface area contributed by atoms with Gasteiger partial charge in [-0.2, -0.15) is 18.3 Å². The predicted molar refractivity (Wildman–Crippen MR) is 85.5 cm³/mol. The summed E-state index contributed by atoms with van der Waals surface area (Å²) < 4.78 is 68.8. The first kappa shape index (κ1) is 17.6. The van der Waals surface area contributed by atoms with Gasteiger partial charge in [0.1, 0.15) is 5.65 Å². The third-order valence-corrected chi connectivity index (χ3v) is 4.54. The third-order valence-electron chi connectivity index (χ3n) is 4.54. The van der Waals surface area contributed by atoms with Gasteiger partial charge in [0.25, 0.3) is 11.5 Å². The summed E-state index contributed by atoms with van der Waals surface area (Å²) in [5, 5.41) is 3.84. The molecule has 0 radical (unpaired) electrons. The molecule has 0 bridgehead atoms. The molecule has 0 saturated heterocycles. The number of aromatic nitrogens is 4. The van der Waals surface area contributed by atoms with Crippen LogP contribution in [-0.2, 0) is 12.7 Å². The van der Waals surface area contributed by atoms with Crippen LogP contribution in [0.4, 0.5) is 22.0 Å². The highest BCUT2D eigenvalue weighted by Gasteiger charge is 2.56. The Balaban J connectivity index is 1.85. The zero-order valence-corrected chi connectivity index (χ0v) is 14.0. The standard InChI is InChI=1S/C17H13F5N4O/c1-9-2-3-26-12(4-9)24-14(17(20,21)22)13(15(26)27)10-6-23-25(7-10)8-11-5-16(11,18)19/h2-4,6-7,11H,5,8H2,1H3/t11-/m0/s1. The fourth-order valence-corrected chi connectivity index (χ4v) is 2.99. The summed E-state index contributed by atoms with van der Waals surface area (Å²) in [6, 6.07) is 2.95. The predicted octanol–water partition coefficient (Wildman–Crippen LogP) is 3.54. The molecule has 0 N–H and O–H groups in total. The van der Waals surface area contributed by atoms with Gasteiger partial charge in [-0.25, -0.2) is 13.8 Å². The summed E-state index contributed by atoms with van der Waals surface area (Å²) in [7, 11) is 0. The normalized spacial score (nSPS) is 18.8. The first-order chi connectivity index (χ1) is 12.6. The van der Waals surface area contributed by atoms with E-state index in [1.165, 1.54) is 18.5 Å². The molecule has 1 atom stereocenters. The van der Waals surface area contributed by atoms with Gasteiger partial charge in [0, 0.05) is 36.8 Å². The summed E-state index contributed by atoms with van der Waals surface area (Å²) >= 11 is 0. The Bertz CT molecular complexity index is 1100. The zero-order chi connectivity index (χ0) is 19.6. The fourth-order valence-electron chi connectivity index (χ4n) is 2.99. The molecule has 5 nitrogen and oxygen atoms in total. The van der Waals surface area contributed by atoms with Crippen LogP contribution in [-0.4, -0.2) is 25.1 Å². The Kier molecular flexibility index (Phi) is 3.66. The number of pyridine rings is 1. The quantitative estimate of drug-likeness (QED) is 0.649. The summed E-state index contributed by atoms with van der Waals surface area (Å²) in [6.07, 6.45) is -1.57. The van der Waals surface area contributed by atoms with Gasteiger partial charge < -0.3 is 0 Å². The Morgan fingerprint density at radius 3 is 2.67 bits per heavy atom. The molecule has 27 heavy (non-hydrogen) atoms. The minimum Gasteiger partial charge on any atom is -0.272 e. The van der Waals surface area contributed by atoms with Gasteiger partial charge in [-0.1, -0.05) is 0 Å². The van der Waals surface area contributed by atoms with Crippen LogP contribution in [0.25, 0.3) is 16.8 Å². The van der Waals surface area contributed by atoms with E-state index >= 15 is 0 Å². The number of aryl methyl sites for hydroxylation is 1. The molecule has 3 heterocycles. The number of halogens is 5. The van der Waals surface area contributed by atoms with Crippen molar-refractivity contribution >= 4 is 5.65 Å². The largest absolute Gasteiger partial charge is 0.434 e. The summed E-state index contributed by atoms with van der Waals surface area (Å²) in [5.74, 6) is -3.67. The SMILES string of the molecule is Cc1ccn2c(=O)c(-c3cnn(C[C@@H]4CC4(F)F)c3)c(C(F)(F)F)nc2c1. The maximum Gasteiger partial charge on any atom is 0.434 e. The van der Waals surface area contributed by atoms with E-state index in [0.717, 1.165) is 15.3 Å². The minimum atomic E-state index is -4.86. The highest BCUT2D eigenvalue weighted by atomic mass is 19.4. The number of hydrogen-bond acceptors (Lipinski definition) is 3. The van der Waals surface area contributed by atoms with Crippen LogP contribution in [0.1, 0.15) is 17.7 Å². The van der Waals surface area contributed by atoms with Crippen molar-refractivity contribution in [1.29, 1.82) is 0 Å². The van der Waals surface area contributed by atoms with Crippen LogP contribution in [0.3, 0.4) is 0 Å². The van der Waals surface area contributed by atoms with E-state index in [-0.39, 0.29) is 24.2 Å². The topological polar surface area (TPSA) is 52.2 Å². The van der Waals surface area contributed by atoms with Crippen LogP contribution in [0.15, 0.2) is 35.5 Å². The second kappa shape index (κ2) is 5.61. The van der Waals surface area contributed by atoms with Crippen molar-refractivity contribution in [2.24, 2.45) is 5.92 Å². The van der Waals surface area contributed by atoms with Crippen LogP contribution in [0.5, 0.6) is 0 Å². The average Bonchev–Trinajstić information content (AvgIpc) is 2.94. The number of rotatable bonds is 3. The highest BCUT2D eigenvalue weighted by Crippen LogP contribution is 2.49. The van der Waals surface area contributed by atoms with E-state index in [0.29, 0.717) is 5.56 Å². The molecule has 1 aliphatic rings. The first-order valence-electron chi connectivity index (χ1n) is 8.07. The highest BCUT2D eigenvalue weighted by molar-refractivity contribution is 5.66. The Morgan fingerprint density at radius 1 is 1.33 bits per heavy atom. The van der Waals surface area contributed by atoms with E-state index in [2.05, 4.69) is 10.1 Å². The molecule has 10 heteroatoms. The van der Waals surface area contributed by atoms with Gasteiger partial charge in [-0.3, -0.25) is 13.9 Å². The van der Waals surface area contributed by atoms with Crippen LogP contribution in [0, 0.1) is 12.8 Å². The molecule has 0 amide bonds. The lowest BCUT2D eigenvalue weighted by atomic mass is 10.1. The second-order valence-corrected chi connectivity index (χ2v) is 6.68. The summed E-state index contributed by atoms with van der Waals surface area (Å²) in [6.45, 7) is 1.54. The van der Waals surface area contributed by atoms with Crippen molar-refractivity contribution in [2.75, 3.05) is 0 Å². The van der Waals surface area contributed by atoms with Gasteiger partial charge in [-0.05, 0) is 24.6 Å². The molecular formula is C17H13F5N4O. The fraction of sp³-hybridized carbons (Fsp3) is 0.353. The molecule has 0 spiro atoms. The minimum absolute atomic E-state index is 0.112. The van der Waals surface area contributed by atoms with Gasteiger partial charge in [0.2, 0.25) is 0 Å². The van der Waals surface area contributed by atoms with Crippen LogP contribution < -0.4 is 5.56 Å². The molecular weight excluding hydrogens is 371 g/mol. The number of alkyl halides is 5. The lowest BCUT2D eigenvalue weighted by Crippen LogP contribution is -2.24. The lowest BCUT2D eigenvalue weighted by molar-refractivity contribution is -0.140. The molecule has 0 aliphatic heterocycles. The van der Waals surface area contributed by atoms with Crippen molar-refractivity contribution in [1.82, 2.24) is 19.2 Å². The molecule has 1 aliphatic carbocycles. The Hall–Kier alpha value is -2.78. The summed E-state index contributed by atoms with van der Waals surface area (Å²) in [4.78, 5) is 16.4. The molecule has 3 aromatic heterocycles. The van der Waals surface area contributed by atoms with E-state index < -0.39 is 34.8 Å². The number of nitrogens with zero attached hydrogens (tertiary/aromatic N) is 4. The van der Waals surface area contributed by atoms with E-state index in [4.69, 9.17) is 0 Å². The zero-order valence-electron chi connectivity index (χ0n) is 14.0. The maximum atomic E-state index is 13.5. The molecule has 0 unspecified atom stereocenters. The second-order valence-electron chi connectivity index (χ2n) is 6.68. The van der Waals surface area contributed by atoms with Gasteiger partial charge in [0.15, 0.2) is 5.69 Å². The Labute approximate surface area is 149 Å². The molecule has 0 aromatic carbocycles. The number of hydrogen-bond donors (Lipinski definition) is 0. The van der Waals surface area contributed by atoms with Crippen molar-refractivity contribution in [2.45, 2.75) is 32.0 Å². The molecule has 142 valence electrons. The Morgan fingerprint density at radius 2 is 2.04 bits per heavy atom. The van der Waals surface area contributed by atoms with Gasteiger partial charge in [0.05, 0.1) is 11.8 Å². The van der Waals surface area contributed by atoms with Crippen molar-refractivity contribution in [3.8, 4) is 11.1 Å². The smallest absolute Gasteiger partial charge is 0.272 e. The first-order valence-corrected chi connectivity index (χ1v) is 8.07. The van der Waals surface area contributed by atoms with Crippen LogP contribution >= 0.6 is 0 Å². The molecule has 4 rings (SSSR count). The van der Waals surface area contributed by atoms with E-state index in [1.807, 2.05) is 0 Å². The van der Waals surface area contributed by atoms with E-state index in [9.17, 15) is 26.7 Å². The lowest BCUT2D eigenvalue weighted by Gasteiger charge is -2.12. The number of fused-ring (bicyclic) bond motifs is 1. The maximum absolute atomic E-state index is 13.5. The van der Waals surface area contributed by atoms with Gasteiger partial charge in [-0.15, -0.1) is 0 Å². The molecule has 1 fully saturated rings.